The summed E-state index contributed by atoms with van der Waals surface area (Å²) in [5, 5.41) is 3.48. The molecule has 78 valence electrons. The maximum Gasteiger partial charge on any atom is 0.142 e. The monoisotopic (exact) mass is 201 g/mol. The first kappa shape index (κ1) is 8.17. The molecule has 15 heavy (non-hydrogen) atoms. The van der Waals surface area contributed by atoms with Gasteiger partial charge in [0, 0.05) is 11.3 Å². The fourth-order valence-corrected chi connectivity index (χ4v) is 3.56. The summed E-state index contributed by atoms with van der Waals surface area (Å²) in [6.07, 6.45) is 5.18. The number of hydrogen-bond acceptors (Lipinski definition) is 2. The second-order valence-electron chi connectivity index (χ2n) is 5.03. The maximum atomic E-state index is 6.18. The van der Waals surface area contributed by atoms with E-state index in [9.17, 15) is 0 Å². The third-order valence-corrected chi connectivity index (χ3v) is 4.37. The molecule has 2 spiro atoms. The molecule has 1 unspecified atom stereocenters. The molecule has 2 fully saturated rings. The molecular formula is C13H15NO. The Hall–Kier alpha value is -1.02. The molecule has 0 bridgehead atoms. The lowest BCUT2D eigenvalue weighted by Gasteiger charge is -2.09. The lowest BCUT2D eigenvalue weighted by atomic mass is 9.86. The van der Waals surface area contributed by atoms with Gasteiger partial charge < -0.3 is 10.1 Å². The SMILES string of the molecule is c1ccc2c(c1)NCC21OC12CCCC2. The van der Waals surface area contributed by atoms with E-state index in [0.717, 1.165) is 6.54 Å². The Morgan fingerprint density at radius 1 is 1.13 bits per heavy atom. The number of hydrogen-bond donors (Lipinski definition) is 1. The van der Waals surface area contributed by atoms with Crippen LogP contribution in [0.2, 0.25) is 0 Å². The van der Waals surface area contributed by atoms with Crippen molar-refractivity contribution in [2.75, 3.05) is 11.9 Å². The van der Waals surface area contributed by atoms with Crippen LogP contribution in [0.1, 0.15) is 31.2 Å². The summed E-state index contributed by atoms with van der Waals surface area (Å²) >= 11 is 0. The van der Waals surface area contributed by atoms with Crippen molar-refractivity contribution in [3.63, 3.8) is 0 Å². The molecule has 0 aromatic heterocycles. The van der Waals surface area contributed by atoms with Crippen molar-refractivity contribution in [3.8, 4) is 0 Å². The van der Waals surface area contributed by atoms with Gasteiger partial charge in [-0.3, -0.25) is 0 Å². The zero-order valence-electron chi connectivity index (χ0n) is 8.75. The molecule has 1 saturated carbocycles. The summed E-state index contributed by atoms with van der Waals surface area (Å²) in [6, 6.07) is 8.60. The first-order valence-electron chi connectivity index (χ1n) is 5.90. The Kier molecular flexibility index (Phi) is 1.30. The van der Waals surface area contributed by atoms with Gasteiger partial charge in [0.05, 0.1) is 6.54 Å². The second kappa shape index (κ2) is 2.38. The molecule has 2 heterocycles. The molecule has 0 amide bonds. The zero-order chi connectivity index (χ0) is 9.93. The van der Waals surface area contributed by atoms with Crippen molar-refractivity contribution in [3.05, 3.63) is 29.8 Å². The van der Waals surface area contributed by atoms with Crippen LogP contribution in [0.25, 0.3) is 0 Å². The summed E-state index contributed by atoms with van der Waals surface area (Å²) in [7, 11) is 0. The summed E-state index contributed by atoms with van der Waals surface area (Å²) in [5.74, 6) is 0. The predicted octanol–water partition coefficient (Wildman–Crippen LogP) is 2.65. The van der Waals surface area contributed by atoms with E-state index in [-0.39, 0.29) is 11.2 Å². The van der Waals surface area contributed by atoms with Gasteiger partial charge in [0.1, 0.15) is 11.2 Å². The topological polar surface area (TPSA) is 24.6 Å². The highest BCUT2D eigenvalue weighted by molar-refractivity contribution is 5.63. The van der Waals surface area contributed by atoms with E-state index in [2.05, 4.69) is 29.6 Å². The van der Waals surface area contributed by atoms with Gasteiger partial charge >= 0.3 is 0 Å². The lowest BCUT2D eigenvalue weighted by molar-refractivity contribution is 0.271. The smallest absolute Gasteiger partial charge is 0.142 e. The van der Waals surface area contributed by atoms with Crippen LogP contribution in [-0.4, -0.2) is 12.1 Å². The van der Waals surface area contributed by atoms with Gasteiger partial charge in [0.2, 0.25) is 0 Å². The molecule has 1 aromatic carbocycles. The highest BCUT2D eigenvalue weighted by atomic mass is 16.6. The van der Waals surface area contributed by atoms with Gasteiger partial charge in [-0.15, -0.1) is 0 Å². The van der Waals surface area contributed by atoms with Crippen LogP contribution in [0.15, 0.2) is 24.3 Å². The minimum atomic E-state index is 0.0418. The van der Waals surface area contributed by atoms with Crippen LogP contribution in [0, 0.1) is 0 Å². The maximum absolute atomic E-state index is 6.18. The minimum Gasteiger partial charge on any atom is -0.381 e. The number of anilines is 1. The van der Waals surface area contributed by atoms with Crippen molar-refractivity contribution < 1.29 is 4.74 Å². The predicted molar refractivity (Wildman–Crippen MR) is 58.9 cm³/mol. The Balaban J connectivity index is 1.82. The van der Waals surface area contributed by atoms with Gasteiger partial charge in [-0.2, -0.15) is 0 Å². The van der Waals surface area contributed by atoms with Crippen molar-refractivity contribution in [2.24, 2.45) is 0 Å². The highest BCUT2D eigenvalue weighted by Gasteiger charge is 2.72. The van der Waals surface area contributed by atoms with Crippen molar-refractivity contribution in [1.82, 2.24) is 0 Å². The van der Waals surface area contributed by atoms with Gasteiger partial charge in [-0.25, -0.2) is 0 Å². The highest BCUT2D eigenvalue weighted by Crippen LogP contribution is 2.66. The fraction of sp³-hybridized carbons (Fsp3) is 0.538. The lowest BCUT2D eigenvalue weighted by Crippen LogP contribution is -2.23. The van der Waals surface area contributed by atoms with Gasteiger partial charge in [0.25, 0.3) is 0 Å². The number of para-hydroxylation sites is 1. The molecule has 2 aliphatic heterocycles. The standard InChI is InChI=1S/C13H15NO/c1-2-6-11-10(5-1)13(9-14-11)12(15-13)7-3-4-8-12/h1-2,5-6,14H,3-4,7-9H2. The van der Waals surface area contributed by atoms with E-state index in [1.807, 2.05) is 0 Å². The Morgan fingerprint density at radius 2 is 1.93 bits per heavy atom. The van der Waals surface area contributed by atoms with Gasteiger partial charge in [0.15, 0.2) is 0 Å². The quantitative estimate of drug-likeness (QED) is 0.653. The second-order valence-corrected chi connectivity index (χ2v) is 5.03. The minimum absolute atomic E-state index is 0.0418. The van der Waals surface area contributed by atoms with E-state index in [1.54, 1.807) is 0 Å². The van der Waals surface area contributed by atoms with Gasteiger partial charge in [-0.05, 0) is 18.9 Å². The summed E-state index contributed by atoms with van der Waals surface area (Å²) in [5.41, 5.74) is 2.92. The van der Waals surface area contributed by atoms with Crippen LogP contribution < -0.4 is 5.32 Å². The van der Waals surface area contributed by atoms with Crippen LogP contribution in [0.5, 0.6) is 0 Å². The number of rotatable bonds is 0. The van der Waals surface area contributed by atoms with E-state index >= 15 is 0 Å². The number of ether oxygens (including phenoxy) is 1. The molecule has 0 radical (unpaired) electrons. The molecule has 2 nitrogen and oxygen atoms in total. The van der Waals surface area contributed by atoms with E-state index in [4.69, 9.17) is 4.74 Å². The average molecular weight is 201 g/mol. The van der Waals surface area contributed by atoms with Crippen molar-refractivity contribution in [2.45, 2.75) is 36.9 Å². The number of fused-ring (bicyclic) bond motifs is 3. The fourth-order valence-electron chi connectivity index (χ4n) is 3.56. The van der Waals surface area contributed by atoms with Crippen molar-refractivity contribution in [1.29, 1.82) is 0 Å². The van der Waals surface area contributed by atoms with Crippen LogP contribution in [0.4, 0.5) is 5.69 Å². The molecular weight excluding hydrogens is 186 g/mol. The molecule has 4 rings (SSSR count). The number of benzene rings is 1. The Labute approximate surface area is 89.6 Å². The first-order valence-corrected chi connectivity index (χ1v) is 5.90. The van der Waals surface area contributed by atoms with Crippen LogP contribution in [-0.2, 0) is 10.3 Å². The normalized spacial score (nSPS) is 34.4. The van der Waals surface area contributed by atoms with Crippen LogP contribution >= 0.6 is 0 Å². The number of epoxide rings is 1. The Bertz CT molecular complexity index is 422. The van der Waals surface area contributed by atoms with Gasteiger partial charge in [-0.1, -0.05) is 31.0 Å². The molecule has 1 saturated heterocycles. The molecule has 1 aliphatic carbocycles. The van der Waals surface area contributed by atoms with Crippen LogP contribution in [0.3, 0.4) is 0 Å². The van der Waals surface area contributed by atoms with E-state index in [0.29, 0.717) is 0 Å². The molecule has 2 heteroatoms. The molecule has 1 aromatic rings. The summed E-state index contributed by atoms with van der Waals surface area (Å²) in [4.78, 5) is 0. The average Bonchev–Trinajstić information content (AvgIpc) is 2.63. The number of nitrogens with one attached hydrogen (secondary N) is 1. The van der Waals surface area contributed by atoms with E-state index < -0.39 is 0 Å². The third-order valence-electron chi connectivity index (χ3n) is 4.37. The molecule has 1 atom stereocenters. The first-order chi connectivity index (χ1) is 7.36. The van der Waals surface area contributed by atoms with E-state index in [1.165, 1.54) is 36.9 Å². The van der Waals surface area contributed by atoms with Crippen molar-refractivity contribution >= 4 is 5.69 Å². The largest absolute Gasteiger partial charge is 0.381 e. The third kappa shape index (κ3) is 0.809. The zero-order valence-corrected chi connectivity index (χ0v) is 8.75. The molecule has 1 N–H and O–H groups in total. The Morgan fingerprint density at radius 3 is 2.80 bits per heavy atom. The summed E-state index contributed by atoms with van der Waals surface area (Å²) in [6.45, 7) is 0.979. The molecule has 3 aliphatic rings. The summed E-state index contributed by atoms with van der Waals surface area (Å²) < 4.78 is 6.18.